The van der Waals surface area contributed by atoms with E-state index in [0.717, 1.165) is 0 Å². The van der Waals surface area contributed by atoms with E-state index in [-0.39, 0.29) is 31.0 Å². The fraction of sp³-hybridized carbons (Fsp3) is 0.278. The minimum Gasteiger partial charge on any atom is -0.339 e. The third kappa shape index (κ3) is 3.84. The van der Waals surface area contributed by atoms with Crippen LogP contribution in [0.3, 0.4) is 0 Å². The Hall–Kier alpha value is -2.90. The summed E-state index contributed by atoms with van der Waals surface area (Å²) in [6.45, 7) is 1.08. The van der Waals surface area contributed by atoms with Crippen LogP contribution in [0.1, 0.15) is 16.1 Å². The maximum Gasteiger partial charge on any atom is 0.254 e. The number of amides is 2. The maximum absolute atomic E-state index is 13.3. The van der Waals surface area contributed by atoms with Crippen molar-refractivity contribution < 1.29 is 22.8 Å². The second kappa shape index (κ2) is 7.55. The van der Waals surface area contributed by atoms with E-state index in [1.807, 2.05) is 0 Å². The van der Waals surface area contributed by atoms with E-state index in [9.17, 15) is 22.8 Å². The second-order valence-corrected chi connectivity index (χ2v) is 5.92. The lowest BCUT2D eigenvalue weighted by Crippen LogP contribution is -2.51. The van der Waals surface area contributed by atoms with E-state index >= 15 is 0 Å². The number of aromatic nitrogens is 1. The third-order valence-electron chi connectivity index (χ3n) is 4.21. The Morgan fingerprint density at radius 3 is 2.15 bits per heavy atom. The van der Waals surface area contributed by atoms with Crippen LogP contribution in [-0.2, 0) is 11.2 Å². The summed E-state index contributed by atoms with van der Waals surface area (Å²) in [5.41, 5.74) is 0.405. The number of carbonyl (C=O) groups excluding carboxylic acids is 2. The van der Waals surface area contributed by atoms with Crippen molar-refractivity contribution in [2.75, 3.05) is 26.2 Å². The molecule has 1 aromatic carbocycles. The number of hydrogen-bond donors (Lipinski definition) is 0. The summed E-state index contributed by atoms with van der Waals surface area (Å²) in [6.07, 6.45) is 1.78. The molecule has 0 atom stereocenters. The highest BCUT2D eigenvalue weighted by Crippen LogP contribution is 2.16. The van der Waals surface area contributed by atoms with Gasteiger partial charge in [-0.1, -0.05) is 6.07 Å². The smallest absolute Gasteiger partial charge is 0.254 e. The summed E-state index contributed by atoms with van der Waals surface area (Å²) in [5.74, 6) is -5.11. The van der Waals surface area contributed by atoms with Crippen LogP contribution in [0.5, 0.6) is 0 Å². The van der Waals surface area contributed by atoms with Crippen LogP contribution in [0.25, 0.3) is 0 Å². The SMILES string of the molecule is O=C(Cc1ccccn1)N1CCN(C(=O)c2cc(F)c(F)c(F)c2)CC1. The molecule has 5 nitrogen and oxygen atoms in total. The first-order valence-corrected chi connectivity index (χ1v) is 8.07. The number of pyridine rings is 1. The van der Waals surface area contributed by atoms with Crippen molar-refractivity contribution in [3.8, 4) is 0 Å². The topological polar surface area (TPSA) is 53.5 Å². The molecule has 8 heteroatoms. The molecule has 3 rings (SSSR count). The largest absolute Gasteiger partial charge is 0.339 e. The zero-order chi connectivity index (χ0) is 18.7. The summed E-state index contributed by atoms with van der Waals surface area (Å²) in [4.78, 5) is 31.7. The predicted molar refractivity (Wildman–Crippen MR) is 86.7 cm³/mol. The Morgan fingerprint density at radius 2 is 1.58 bits per heavy atom. The molecule has 136 valence electrons. The average molecular weight is 363 g/mol. The first-order valence-electron chi connectivity index (χ1n) is 8.07. The molecule has 2 aromatic rings. The van der Waals surface area contributed by atoms with E-state index in [0.29, 0.717) is 30.9 Å². The number of rotatable bonds is 3. The van der Waals surface area contributed by atoms with Gasteiger partial charge in [0.05, 0.1) is 6.42 Å². The number of halogens is 3. The lowest BCUT2D eigenvalue weighted by Gasteiger charge is -2.34. The second-order valence-electron chi connectivity index (χ2n) is 5.92. The predicted octanol–water partition coefficient (Wildman–Crippen LogP) is 2.03. The van der Waals surface area contributed by atoms with Crippen molar-refractivity contribution in [3.63, 3.8) is 0 Å². The van der Waals surface area contributed by atoms with Crippen molar-refractivity contribution >= 4 is 11.8 Å². The highest BCUT2D eigenvalue weighted by atomic mass is 19.2. The normalized spacial score (nSPS) is 14.4. The fourth-order valence-corrected chi connectivity index (χ4v) is 2.79. The first-order chi connectivity index (χ1) is 12.5. The number of nitrogens with zero attached hydrogens (tertiary/aromatic N) is 3. The standard InChI is InChI=1S/C18H16F3N3O2/c19-14-9-12(10-15(20)17(14)21)18(26)24-7-5-23(6-8-24)16(25)11-13-3-1-2-4-22-13/h1-4,9-10H,5-8,11H2. The van der Waals surface area contributed by atoms with Crippen LogP contribution in [-0.4, -0.2) is 52.8 Å². The van der Waals surface area contributed by atoms with Crippen LogP contribution < -0.4 is 0 Å². The van der Waals surface area contributed by atoms with Gasteiger partial charge in [0, 0.05) is 43.6 Å². The molecule has 26 heavy (non-hydrogen) atoms. The molecule has 0 unspecified atom stereocenters. The van der Waals surface area contributed by atoms with Crippen LogP contribution in [0.15, 0.2) is 36.5 Å². The van der Waals surface area contributed by atoms with E-state index in [4.69, 9.17) is 0 Å². The van der Waals surface area contributed by atoms with Gasteiger partial charge in [-0.05, 0) is 24.3 Å². The van der Waals surface area contributed by atoms with Gasteiger partial charge in [-0.25, -0.2) is 13.2 Å². The highest BCUT2D eigenvalue weighted by Gasteiger charge is 2.26. The Labute approximate surface area is 148 Å². The number of benzene rings is 1. The van der Waals surface area contributed by atoms with E-state index in [2.05, 4.69) is 4.98 Å². The Bertz CT molecular complexity index is 799. The molecule has 0 N–H and O–H groups in total. The van der Waals surface area contributed by atoms with Gasteiger partial charge in [-0.3, -0.25) is 14.6 Å². The van der Waals surface area contributed by atoms with Crippen molar-refractivity contribution in [1.82, 2.24) is 14.8 Å². The van der Waals surface area contributed by atoms with Crippen molar-refractivity contribution in [3.05, 3.63) is 65.2 Å². The summed E-state index contributed by atoms with van der Waals surface area (Å²) < 4.78 is 39.6. The molecule has 0 saturated carbocycles. The van der Waals surface area contributed by atoms with Gasteiger partial charge in [0.15, 0.2) is 17.5 Å². The molecular formula is C18H16F3N3O2. The molecule has 0 radical (unpaired) electrons. The molecule has 1 aliphatic heterocycles. The van der Waals surface area contributed by atoms with E-state index in [1.54, 1.807) is 29.3 Å². The van der Waals surface area contributed by atoms with Gasteiger partial charge in [0.1, 0.15) is 0 Å². The molecule has 2 amide bonds. The van der Waals surface area contributed by atoms with Crippen molar-refractivity contribution in [2.24, 2.45) is 0 Å². The number of piperazine rings is 1. The Morgan fingerprint density at radius 1 is 0.962 bits per heavy atom. The van der Waals surface area contributed by atoms with Gasteiger partial charge in [0.25, 0.3) is 5.91 Å². The summed E-state index contributed by atoms with van der Waals surface area (Å²) >= 11 is 0. The Kier molecular flexibility index (Phi) is 5.20. The van der Waals surface area contributed by atoms with Gasteiger partial charge >= 0.3 is 0 Å². The molecule has 1 aliphatic rings. The first kappa shape index (κ1) is 17.9. The third-order valence-corrected chi connectivity index (χ3v) is 4.21. The van der Waals surface area contributed by atoms with Gasteiger partial charge in [-0.15, -0.1) is 0 Å². The van der Waals surface area contributed by atoms with Gasteiger partial charge in [0.2, 0.25) is 5.91 Å². The minimum absolute atomic E-state index is 0.102. The van der Waals surface area contributed by atoms with Gasteiger partial charge in [-0.2, -0.15) is 0 Å². The molecule has 0 aliphatic carbocycles. The zero-order valence-corrected chi connectivity index (χ0v) is 13.8. The molecule has 0 bridgehead atoms. The molecular weight excluding hydrogens is 347 g/mol. The lowest BCUT2D eigenvalue weighted by atomic mass is 10.1. The van der Waals surface area contributed by atoms with E-state index < -0.39 is 23.4 Å². The summed E-state index contributed by atoms with van der Waals surface area (Å²) in [5, 5.41) is 0. The number of hydrogen-bond acceptors (Lipinski definition) is 3. The summed E-state index contributed by atoms with van der Waals surface area (Å²) in [7, 11) is 0. The van der Waals surface area contributed by atoms with Crippen LogP contribution in [0, 0.1) is 17.5 Å². The Balaban J connectivity index is 1.59. The molecule has 1 aromatic heterocycles. The molecule has 0 spiro atoms. The zero-order valence-electron chi connectivity index (χ0n) is 13.8. The van der Waals surface area contributed by atoms with Crippen molar-refractivity contribution in [2.45, 2.75) is 6.42 Å². The monoisotopic (exact) mass is 363 g/mol. The average Bonchev–Trinajstić information content (AvgIpc) is 2.66. The van der Waals surface area contributed by atoms with Crippen LogP contribution in [0.4, 0.5) is 13.2 Å². The molecule has 1 saturated heterocycles. The maximum atomic E-state index is 13.3. The molecule has 2 heterocycles. The molecule has 1 fully saturated rings. The minimum atomic E-state index is -1.61. The van der Waals surface area contributed by atoms with Gasteiger partial charge < -0.3 is 9.80 Å². The highest BCUT2D eigenvalue weighted by molar-refractivity contribution is 5.94. The quantitative estimate of drug-likeness (QED) is 0.784. The lowest BCUT2D eigenvalue weighted by molar-refractivity contribution is -0.132. The number of carbonyl (C=O) groups is 2. The van der Waals surface area contributed by atoms with E-state index in [1.165, 1.54) is 4.90 Å². The summed E-state index contributed by atoms with van der Waals surface area (Å²) in [6, 6.07) is 6.68. The fourth-order valence-electron chi connectivity index (χ4n) is 2.79. The van der Waals surface area contributed by atoms with Crippen LogP contribution in [0.2, 0.25) is 0 Å². The van der Waals surface area contributed by atoms with Crippen molar-refractivity contribution in [1.29, 1.82) is 0 Å². The van der Waals surface area contributed by atoms with Crippen LogP contribution >= 0.6 is 0 Å².